The van der Waals surface area contributed by atoms with Crippen LogP contribution in [-0.4, -0.2) is 28.1 Å². The number of rotatable bonds is 4. The fourth-order valence-electron chi connectivity index (χ4n) is 2.80. The van der Waals surface area contributed by atoms with Gasteiger partial charge in [0.1, 0.15) is 6.10 Å². The van der Waals surface area contributed by atoms with Gasteiger partial charge < -0.3 is 9.84 Å². The summed E-state index contributed by atoms with van der Waals surface area (Å²) in [7, 11) is 3.55. The Morgan fingerprint density at radius 1 is 1.41 bits per heavy atom. The van der Waals surface area contributed by atoms with Crippen molar-refractivity contribution in [3.8, 4) is 0 Å². The maximum absolute atomic E-state index is 10.3. The monoisotopic (exact) mass is 238 g/mol. The third-order valence-electron chi connectivity index (χ3n) is 3.74. The quantitative estimate of drug-likeness (QED) is 0.873. The summed E-state index contributed by atoms with van der Waals surface area (Å²) in [4.78, 5) is 0. The van der Waals surface area contributed by atoms with Gasteiger partial charge in [-0.15, -0.1) is 0 Å². The molecule has 1 N–H and O–H groups in total. The molecule has 4 nitrogen and oxygen atoms in total. The lowest BCUT2D eigenvalue weighted by Gasteiger charge is -2.31. The highest BCUT2D eigenvalue weighted by Crippen LogP contribution is 2.33. The number of hydrogen-bond acceptors (Lipinski definition) is 3. The lowest BCUT2D eigenvalue weighted by Crippen LogP contribution is -2.31. The van der Waals surface area contributed by atoms with Crippen LogP contribution in [-0.2, 0) is 11.8 Å². The molecule has 1 aliphatic carbocycles. The molecule has 2 atom stereocenters. The summed E-state index contributed by atoms with van der Waals surface area (Å²) in [6, 6.07) is 1.86. The number of hydrogen-bond donors (Lipinski definition) is 1. The van der Waals surface area contributed by atoms with Crippen LogP contribution in [0.5, 0.6) is 0 Å². The van der Waals surface area contributed by atoms with Crippen LogP contribution in [0.2, 0.25) is 0 Å². The van der Waals surface area contributed by atoms with Crippen LogP contribution in [0.3, 0.4) is 0 Å². The van der Waals surface area contributed by atoms with Crippen molar-refractivity contribution in [2.24, 2.45) is 13.0 Å². The summed E-state index contributed by atoms with van der Waals surface area (Å²) in [5, 5.41) is 14.6. The molecule has 0 aliphatic heterocycles. The Labute approximate surface area is 103 Å². The first kappa shape index (κ1) is 12.6. The lowest BCUT2D eigenvalue weighted by atomic mass is 9.82. The molecule has 1 fully saturated rings. The van der Waals surface area contributed by atoms with Crippen molar-refractivity contribution in [2.45, 2.75) is 44.3 Å². The maximum atomic E-state index is 10.3. The van der Waals surface area contributed by atoms with E-state index in [1.807, 2.05) is 19.3 Å². The van der Waals surface area contributed by atoms with E-state index >= 15 is 0 Å². The zero-order valence-electron chi connectivity index (χ0n) is 10.7. The molecule has 0 spiro atoms. The van der Waals surface area contributed by atoms with Crippen LogP contribution >= 0.6 is 0 Å². The van der Waals surface area contributed by atoms with Crippen LogP contribution in [0.25, 0.3) is 0 Å². The molecule has 0 bridgehead atoms. The Morgan fingerprint density at radius 3 is 2.65 bits per heavy atom. The minimum atomic E-state index is -0.607. The molecule has 96 valence electrons. The van der Waals surface area contributed by atoms with Crippen molar-refractivity contribution < 1.29 is 9.84 Å². The Bertz CT molecular complexity index is 345. The highest BCUT2D eigenvalue weighted by Gasteiger charge is 2.31. The predicted octanol–water partition coefficient (Wildman–Crippen LogP) is 2.05. The molecule has 1 heterocycles. The number of aromatic nitrogens is 2. The van der Waals surface area contributed by atoms with Gasteiger partial charge in [-0.1, -0.05) is 19.3 Å². The number of methoxy groups -OCH3 is 1. The Kier molecular flexibility index (Phi) is 4.18. The third-order valence-corrected chi connectivity index (χ3v) is 3.74. The molecule has 2 unspecified atom stereocenters. The largest absolute Gasteiger partial charge is 0.384 e. The van der Waals surface area contributed by atoms with Crippen LogP contribution in [0.4, 0.5) is 0 Å². The van der Waals surface area contributed by atoms with Gasteiger partial charge in [0.05, 0.1) is 11.8 Å². The first-order valence-corrected chi connectivity index (χ1v) is 6.43. The van der Waals surface area contributed by atoms with Crippen LogP contribution in [0, 0.1) is 5.92 Å². The van der Waals surface area contributed by atoms with Crippen molar-refractivity contribution in [1.82, 2.24) is 9.78 Å². The molecule has 1 aromatic heterocycles. The molecule has 17 heavy (non-hydrogen) atoms. The summed E-state index contributed by atoms with van der Waals surface area (Å²) in [5.74, 6) is 0.464. The van der Waals surface area contributed by atoms with Crippen molar-refractivity contribution >= 4 is 0 Å². The zero-order valence-corrected chi connectivity index (χ0v) is 10.7. The second-order valence-corrected chi connectivity index (χ2v) is 4.96. The second kappa shape index (κ2) is 5.65. The molecule has 0 radical (unpaired) electrons. The SMILES string of the molecule is COC(C1CCCCC1)C(O)c1ccn(C)n1. The van der Waals surface area contributed by atoms with Gasteiger partial charge in [-0.2, -0.15) is 5.10 Å². The highest BCUT2D eigenvalue weighted by molar-refractivity contribution is 5.05. The highest BCUT2D eigenvalue weighted by atomic mass is 16.5. The molecule has 0 saturated heterocycles. The molecule has 4 heteroatoms. The fraction of sp³-hybridized carbons (Fsp3) is 0.769. The molecule has 0 aromatic carbocycles. The van der Waals surface area contributed by atoms with Gasteiger partial charge in [0.25, 0.3) is 0 Å². The standard InChI is InChI=1S/C13H22N2O2/c1-15-9-8-11(14-15)12(16)13(17-2)10-6-4-3-5-7-10/h8-10,12-13,16H,3-7H2,1-2H3. The van der Waals surface area contributed by atoms with E-state index in [4.69, 9.17) is 4.74 Å². The summed E-state index contributed by atoms with van der Waals surface area (Å²) in [6.45, 7) is 0. The smallest absolute Gasteiger partial charge is 0.124 e. The van der Waals surface area contributed by atoms with Gasteiger partial charge in [0, 0.05) is 20.4 Å². The molecule has 1 aliphatic rings. The summed E-state index contributed by atoms with van der Waals surface area (Å²) < 4.78 is 7.23. The second-order valence-electron chi connectivity index (χ2n) is 4.96. The fourth-order valence-corrected chi connectivity index (χ4v) is 2.80. The minimum Gasteiger partial charge on any atom is -0.384 e. The maximum Gasteiger partial charge on any atom is 0.124 e. The number of ether oxygens (including phenoxy) is 1. The number of aryl methyl sites for hydroxylation is 1. The molecule has 0 amide bonds. The first-order valence-electron chi connectivity index (χ1n) is 6.43. The molecule has 1 saturated carbocycles. The van der Waals surface area contributed by atoms with Gasteiger partial charge >= 0.3 is 0 Å². The van der Waals surface area contributed by atoms with Gasteiger partial charge in [0.15, 0.2) is 0 Å². The van der Waals surface area contributed by atoms with E-state index in [0.717, 1.165) is 12.8 Å². The lowest BCUT2D eigenvalue weighted by molar-refractivity contribution is -0.0577. The topological polar surface area (TPSA) is 47.3 Å². The average molecular weight is 238 g/mol. The number of aliphatic hydroxyl groups excluding tert-OH is 1. The van der Waals surface area contributed by atoms with Crippen molar-refractivity contribution in [3.63, 3.8) is 0 Å². The first-order chi connectivity index (χ1) is 8.22. The van der Waals surface area contributed by atoms with Crippen molar-refractivity contribution in [1.29, 1.82) is 0 Å². The number of nitrogens with zero attached hydrogens (tertiary/aromatic N) is 2. The third kappa shape index (κ3) is 2.87. The normalized spacial score (nSPS) is 21.4. The van der Waals surface area contributed by atoms with Gasteiger partial charge in [-0.3, -0.25) is 4.68 Å². The summed E-state index contributed by atoms with van der Waals surface area (Å²) in [6.07, 6.45) is 7.25. The average Bonchev–Trinajstić information content (AvgIpc) is 2.78. The molecular formula is C13H22N2O2. The van der Waals surface area contributed by atoms with E-state index in [0.29, 0.717) is 11.6 Å². The van der Waals surface area contributed by atoms with E-state index in [2.05, 4.69) is 5.10 Å². The van der Waals surface area contributed by atoms with Crippen LogP contribution in [0.1, 0.15) is 43.9 Å². The van der Waals surface area contributed by atoms with E-state index in [1.165, 1.54) is 19.3 Å². The minimum absolute atomic E-state index is 0.120. The van der Waals surface area contributed by atoms with E-state index < -0.39 is 6.10 Å². The molecule has 1 aromatic rings. The predicted molar refractivity (Wildman–Crippen MR) is 65.5 cm³/mol. The van der Waals surface area contributed by atoms with Crippen LogP contribution < -0.4 is 0 Å². The van der Waals surface area contributed by atoms with E-state index in [-0.39, 0.29) is 6.10 Å². The zero-order chi connectivity index (χ0) is 12.3. The Balaban J connectivity index is 2.06. The van der Waals surface area contributed by atoms with Crippen molar-refractivity contribution in [3.05, 3.63) is 18.0 Å². The number of aliphatic hydroxyl groups is 1. The molecule has 2 rings (SSSR count). The van der Waals surface area contributed by atoms with E-state index in [9.17, 15) is 5.11 Å². The van der Waals surface area contributed by atoms with Crippen molar-refractivity contribution in [2.75, 3.05) is 7.11 Å². The Morgan fingerprint density at radius 2 is 2.12 bits per heavy atom. The summed E-state index contributed by atoms with van der Waals surface area (Å²) in [5.41, 5.74) is 0.713. The van der Waals surface area contributed by atoms with Gasteiger partial charge in [0.2, 0.25) is 0 Å². The van der Waals surface area contributed by atoms with Gasteiger partial charge in [-0.05, 0) is 24.8 Å². The van der Waals surface area contributed by atoms with E-state index in [1.54, 1.807) is 11.8 Å². The van der Waals surface area contributed by atoms with Crippen LogP contribution in [0.15, 0.2) is 12.3 Å². The Hall–Kier alpha value is -0.870. The summed E-state index contributed by atoms with van der Waals surface area (Å²) >= 11 is 0. The molecular weight excluding hydrogens is 216 g/mol. The van der Waals surface area contributed by atoms with Gasteiger partial charge in [-0.25, -0.2) is 0 Å².